The quantitative estimate of drug-likeness (QED) is 0.0264. The average molecular weight is 1050 g/mol. The van der Waals surface area contributed by atoms with E-state index in [1.165, 1.54) is 122 Å². The molecule has 0 aliphatic heterocycles. The van der Waals surface area contributed by atoms with Crippen LogP contribution in [0.1, 0.15) is 251 Å². The summed E-state index contributed by atoms with van der Waals surface area (Å²) in [6.07, 6.45) is 80.0. The lowest BCUT2D eigenvalue weighted by Crippen LogP contribution is -2.29. The second-order valence-electron chi connectivity index (χ2n) is 19.5. The molecule has 0 heterocycles. The molecule has 424 valence electrons. The first-order valence-corrected chi connectivity index (χ1v) is 31.4. The van der Waals surface area contributed by atoms with Crippen LogP contribution in [0, 0.1) is 0 Å². The van der Waals surface area contributed by atoms with E-state index in [-0.39, 0.29) is 38.6 Å². The van der Waals surface area contributed by atoms with Crippen LogP contribution in [0.15, 0.2) is 109 Å². The molecule has 0 saturated carbocycles. The third kappa shape index (κ3) is 57.9. The Balaban J connectivity index is 4.08. The van der Waals surface area contributed by atoms with Gasteiger partial charge in [0.25, 0.3) is 0 Å². The van der Waals surface area contributed by atoms with Crippen molar-refractivity contribution in [2.75, 3.05) is 26.4 Å². The van der Waals surface area contributed by atoms with Crippen LogP contribution >= 0.6 is 7.82 Å². The van der Waals surface area contributed by atoms with Crippen LogP contribution in [0.3, 0.4) is 0 Å². The molecule has 2 unspecified atom stereocenters. The zero-order chi connectivity index (χ0) is 53.8. The summed E-state index contributed by atoms with van der Waals surface area (Å²) in [7, 11) is -4.40. The minimum absolute atomic E-state index is 0.0431. The van der Waals surface area contributed by atoms with Crippen molar-refractivity contribution in [3.63, 3.8) is 0 Å². The maximum atomic E-state index is 12.7. The molecular weight excluding hydrogens is 942 g/mol. The monoisotopic (exact) mass is 1050 g/mol. The number of hydrogen-bond acceptors (Lipinski definition) is 8. The molecule has 3 N–H and O–H groups in total. The molecule has 0 amide bonds. The van der Waals surface area contributed by atoms with Gasteiger partial charge in [-0.05, 0) is 83.5 Å². The molecule has 0 aliphatic carbocycles. The summed E-state index contributed by atoms with van der Waals surface area (Å²) in [4.78, 5) is 35.2. The van der Waals surface area contributed by atoms with Gasteiger partial charge in [-0.1, -0.05) is 264 Å². The molecule has 9 nitrogen and oxygen atoms in total. The highest BCUT2D eigenvalue weighted by Crippen LogP contribution is 2.43. The van der Waals surface area contributed by atoms with E-state index in [9.17, 15) is 19.0 Å². The Morgan fingerprint density at radius 2 is 0.743 bits per heavy atom. The van der Waals surface area contributed by atoms with Crippen molar-refractivity contribution < 1.29 is 37.6 Å². The molecule has 0 aromatic heterocycles. The molecule has 0 aromatic carbocycles. The molecule has 0 aromatic rings. The number of carbonyl (C=O) groups excluding carboxylic acids is 2. The Labute approximate surface area is 454 Å². The van der Waals surface area contributed by atoms with Gasteiger partial charge in [-0.15, -0.1) is 0 Å². The number of carbonyl (C=O) groups is 2. The zero-order valence-electron chi connectivity index (χ0n) is 47.3. The maximum absolute atomic E-state index is 12.7. The lowest BCUT2D eigenvalue weighted by molar-refractivity contribution is -0.161. The van der Waals surface area contributed by atoms with E-state index < -0.39 is 26.5 Å². The summed E-state index contributed by atoms with van der Waals surface area (Å²) in [6.45, 7) is 3.61. The van der Waals surface area contributed by atoms with E-state index in [2.05, 4.69) is 123 Å². The normalized spacial score (nSPS) is 13.8. The molecule has 0 spiro atoms. The van der Waals surface area contributed by atoms with Crippen LogP contribution in [0.5, 0.6) is 0 Å². The SMILES string of the molecule is CC/C=C\C/C=C\C/C=C\C/C=C\C/C=C\C/C=C\C/C=C\C/C=C\C/C=C\CCCCCC(=O)OC(COC(=O)CCCCCCCCCCCCCCCCCCCCCCCC)COP(=O)(O)OCCN. The van der Waals surface area contributed by atoms with E-state index in [1.54, 1.807) is 0 Å². The van der Waals surface area contributed by atoms with E-state index in [4.69, 9.17) is 24.3 Å². The van der Waals surface area contributed by atoms with Gasteiger partial charge in [-0.3, -0.25) is 18.6 Å². The van der Waals surface area contributed by atoms with Crippen LogP contribution in [0.25, 0.3) is 0 Å². The molecule has 0 radical (unpaired) electrons. The van der Waals surface area contributed by atoms with E-state index in [0.29, 0.717) is 6.42 Å². The fourth-order valence-electron chi connectivity index (χ4n) is 8.04. The number of phosphoric acid groups is 1. The summed E-state index contributed by atoms with van der Waals surface area (Å²) in [5.41, 5.74) is 5.38. The number of phosphoric ester groups is 1. The largest absolute Gasteiger partial charge is 0.472 e. The van der Waals surface area contributed by atoms with Gasteiger partial charge in [0.15, 0.2) is 6.10 Å². The number of nitrogens with two attached hydrogens (primary N) is 1. The first-order valence-electron chi connectivity index (χ1n) is 29.9. The zero-order valence-corrected chi connectivity index (χ0v) is 48.2. The Morgan fingerprint density at radius 3 is 1.11 bits per heavy atom. The maximum Gasteiger partial charge on any atom is 0.472 e. The van der Waals surface area contributed by atoms with E-state index in [1.807, 2.05) is 0 Å². The lowest BCUT2D eigenvalue weighted by Gasteiger charge is -2.19. The van der Waals surface area contributed by atoms with Crippen LogP contribution in [0.4, 0.5) is 0 Å². The number of hydrogen-bond donors (Lipinski definition) is 2. The number of allylic oxidation sites excluding steroid dienone is 18. The van der Waals surface area contributed by atoms with Crippen LogP contribution in [-0.2, 0) is 32.7 Å². The minimum Gasteiger partial charge on any atom is -0.462 e. The molecule has 0 fully saturated rings. The predicted molar refractivity (Wildman–Crippen MR) is 316 cm³/mol. The molecule has 10 heteroatoms. The fourth-order valence-corrected chi connectivity index (χ4v) is 8.81. The molecule has 74 heavy (non-hydrogen) atoms. The summed E-state index contributed by atoms with van der Waals surface area (Å²) >= 11 is 0. The van der Waals surface area contributed by atoms with Crippen molar-refractivity contribution in [1.29, 1.82) is 0 Å². The summed E-state index contributed by atoms with van der Waals surface area (Å²) in [5.74, 6) is -0.865. The lowest BCUT2D eigenvalue weighted by atomic mass is 10.0. The number of esters is 2. The summed E-state index contributed by atoms with van der Waals surface area (Å²) in [6, 6.07) is 0. The average Bonchev–Trinajstić information content (AvgIpc) is 3.39. The number of ether oxygens (including phenoxy) is 2. The Hall–Kier alpha value is -3.33. The van der Waals surface area contributed by atoms with Crippen molar-refractivity contribution in [2.45, 2.75) is 258 Å². The van der Waals surface area contributed by atoms with Gasteiger partial charge >= 0.3 is 19.8 Å². The van der Waals surface area contributed by atoms with Gasteiger partial charge < -0.3 is 20.1 Å². The van der Waals surface area contributed by atoms with Crippen LogP contribution in [0.2, 0.25) is 0 Å². The Morgan fingerprint density at radius 1 is 0.419 bits per heavy atom. The second-order valence-corrected chi connectivity index (χ2v) is 20.9. The smallest absolute Gasteiger partial charge is 0.462 e. The molecule has 0 bridgehead atoms. The van der Waals surface area contributed by atoms with Gasteiger partial charge in [0.1, 0.15) is 6.61 Å². The van der Waals surface area contributed by atoms with Gasteiger partial charge in [0.2, 0.25) is 0 Å². The number of unbranched alkanes of at least 4 members (excludes halogenated alkanes) is 24. The third-order valence-corrected chi connectivity index (χ3v) is 13.4. The molecule has 0 aliphatic rings. The van der Waals surface area contributed by atoms with Gasteiger partial charge in [-0.2, -0.15) is 0 Å². The molecule has 2 atom stereocenters. The van der Waals surface area contributed by atoms with Crippen molar-refractivity contribution in [2.24, 2.45) is 5.73 Å². The molecular formula is C64H110NO8P. The third-order valence-electron chi connectivity index (χ3n) is 12.4. The Kier molecular flexibility index (Phi) is 56.3. The highest BCUT2D eigenvalue weighted by molar-refractivity contribution is 7.47. The first-order chi connectivity index (χ1) is 36.3. The fraction of sp³-hybridized carbons (Fsp3) is 0.688. The predicted octanol–water partition coefficient (Wildman–Crippen LogP) is 19.0. The Bertz CT molecular complexity index is 1580. The van der Waals surface area contributed by atoms with Crippen molar-refractivity contribution in [1.82, 2.24) is 0 Å². The highest BCUT2D eigenvalue weighted by atomic mass is 31.2. The summed E-state index contributed by atoms with van der Waals surface area (Å²) in [5, 5.41) is 0. The van der Waals surface area contributed by atoms with Crippen LogP contribution < -0.4 is 5.73 Å². The summed E-state index contributed by atoms with van der Waals surface area (Å²) < 4.78 is 33.0. The molecule has 0 saturated heterocycles. The van der Waals surface area contributed by atoms with Crippen molar-refractivity contribution in [3.05, 3.63) is 109 Å². The van der Waals surface area contributed by atoms with Gasteiger partial charge in [0, 0.05) is 19.4 Å². The topological polar surface area (TPSA) is 134 Å². The standard InChI is InChI=1S/C64H110NO8P/c1-3-5-7-9-11-13-15-17-19-21-23-25-27-28-29-30-31-32-33-34-35-37-39-41-43-45-47-49-51-53-55-57-64(67)73-62(61-72-74(68,69)71-59-58-65)60-70-63(66)56-54-52-50-48-46-44-42-40-38-36-26-24-22-20-18-16-14-12-10-8-6-4-2/h5,7,11,13,17,19,23,25,28-29,31-32,34-35,39,41,45,47,62H,3-4,6,8-10,12,14-16,18,20-22,24,26-27,30,33,36-38,40,42-44,46,48-61,65H2,1-2H3,(H,68,69)/b7-5-,13-11-,19-17-,25-23-,29-28-,32-31-,35-34-,41-39-,47-45-. The molecule has 0 rings (SSSR count). The van der Waals surface area contributed by atoms with Gasteiger partial charge in [-0.25, -0.2) is 4.57 Å². The first kappa shape index (κ1) is 70.7. The second kappa shape index (κ2) is 58.9. The number of rotatable bonds is 55. The highest BCUT2D eigenvalue weighted by Gasteiger charge is 2.26. The van der Waals surface area contributed by atoms with Crippen molar-refractivity contribution in [3.8, 4) is 0 Å². The van der Waals surface area contributed by atoms with Crippen molar-refractivity contribution >= 4 is 19.8 Å². The van der Waals surface area contributed by atoms with E-state index in [0.717, 1.165) is 96.3 Å². The van der Waals surface area contributed by atoms with E-state index >= 15 is 0 Å². The van der Waals surface area contributed by atoms with Gasteiger partial charge in [0.05, 0.1) is 13.2 Å². The minimum atomic E-state index is -4.40. The van der Waals surface area contributed by atoms with Crippen LogP contribution in [-0.4, -0.2) is 49.3 Å².